The number of halogens is 1. The highest BCUT2D eigenvalue weighted by molar-refractivity contribution is 9.10. The molecule has 1 aromatic carbocycles. The molecule has 1 amide bonds. The molecule has 1 heterocycles. The van der Waals surface area contributed by atoms with Gasteiger partial charge in [0.25, 0.3) is 5.91 Å². The summed E-state index contributed by atoms with van der Waals surface area (Å²) in [4.78, 5) is 14.3. The molecule has 22 heavy (non-hydrogen) atoms. The van der Waals surface area contributed by atoms with Crippen LogP contribution in [0.15, 0.2) is 27.1 Å². The van der Waals surface area contributed by atoms with E-state index in [1.165, 1.54) is 0 Å². The van der Waals surface area contributed by atoms with E-state index in [-0.39, 0.29) is 11.9 Å². The third-order valence-corrected chi connectivity index (χ3v) is 4.59. The third-order valence-electron chi connectivity index (χ3n) is 4.09. The number of hydrogen-bond acceptors (Lipinski definition) is 3. The molecule has 2 rings (SSSR count). The molecule has 1 unspecified atom stereocenters. The van der Waals surface area contributed by atoms with Crippen LogP contribution in [0.25, 0.3) is 11.0 Å². The van der Waals surface area contributed by atoms with Crippen LogP contribution < -0.4 is 5.73 Å². The van der Waals surface area contributed by atoms with Gasteiger partial charge in [-0.05, 0) is 37.5 Å². The molecule has 0 aliphatic heterocycles. The van der Waals surface area contributed by atoms with E-state index in [1.54, 1.807) is 11.9 Å². The van der Waals surface area contributed by atoms with E-state index in [0.29, 0.717) is 18.2 Å². The van der Waals surface area contributed by atoms with Gasteiger partial charge in [0.2, 0.25) is 0 Å². The van der Waals surface area contributed by atoms with Gasteiger partial charge in [-0.1, -0.05) is 29.8 Å². The Morgan fingerprint density at radius 1 is 1.41 bits per heavy atom. The minimum absolute atomic E-state index is 0.0965. The van der Waals surface area contributed by atoms with Crippen molar-refractivity contribution in [1.29, 1.82) is 0 Å². The van der Waals surface area contributed by atoms with Crippen molar-refractivity contribution < 1.29 is 9.21 Å². The fraction of sp³-hybridized carbons (Fsp3) is 0.471. The van der Waals surface area contributed by atoms with E-state index in [1.807, 2.05) is 25.1 Å². The molecule has 1 atom stereocenters. The SMILES string of the molecule is Cc1c(C(=O)N(C)CCC(N)C(C)C)oc2ccc(Br)cc12. The molecule has 0 saturated heterocycles. The first-order valence-corrected chi connectivity index (χ1v) is 8.30. The molecular formula is C17H23BrN2O2. The summed E-state index contributed by atoms with van der Waals surface area (Å²) < 4.78 is 6.72. The third kappa shape index (κ3) is 3.52. The second-order valence-electron chi connectivity index (χ2n) is 6.12. The molecule has 120 valence electrons. The standard InChI is InChI=1S/C17H23BrN2O2/c1-10(2)14(19)7-8-20(4)17(21)16-11(3)13-9-12(18)5-6-15(13)22-16/h5-6,9-10,14H,7-8,19H2,1-4H3. The fourth-order valence-electron chi connectivity index (χ4n) is 2.35. The van der Waals surface area contributed by atoms with Crippen LogP contribution in [-0.4, -0.2) is 30.4 Å². The highest BCUT2D eigenvalue weighted by Crippen LogP contribution is 2.28. The first-order chi connectivity index (χ1) is 10.3. The number of aryl methyl sites for hydroxylation is 1. The van der Waals surface area contributed by atoms with E-state index in [9.17, 15) is 4.79 Å². The molecule has 0 aliphatic rings. The van der Waals surface area contributed by atoms with E-state index < -0.39 is 0 Å². The molecule has 0 radical (unpaired) electrons. The zero-order chi connectivity index (χ0) is 16.4. The summed E-state index contributed by atoms with van der Waals surface area (Å²) in [7, 11) is 1.79. The Labute approximate surface area is 139 Å². The molecule has 2 aromatic rings. The van der Waals surface area contributed by atoms with Gasteiger partial charge in [-0.2, -0.15) is 0 Å². The first-order valence-electron chi connectivity index (χ1n) is 7.51. The van der Waals surface area contributed by atoms with Gasteiger partial charge in [0.15, 0.2) is 5.76 Å². The Kier molecular flexibility index (Phi) is 5.29. The highest BCUT2D eigenvalue weighted by Gasteiger charge is 2.21. The fourth-order valence-corrected chi connectivity index (χ4v) is 2.71. The first kappa shape index (κ1) is 17.0. The molecule has 0 saturated carbocycles. The molecule has 0 aliphatic carbocycles. The van der Waals surface area contributed by atoms with Crippen LogP contribution in [0, 0.1) is 12.8 Å². The van der Waals surface area contributed by atoms with Crippen LogP contribution in [0.3, 0.4) is 0 Å². The average Bonchev–Trinajstić information content (AvgIpc) is 2.80. The number of hydrogen-bond donors (Lipinski definition) is 1. The summed E-state index contributed by atoms with van der Waals surface area (Å²) in [5, 5.41) is 0.963. The average molecular weight is 367 g/mol. The van der Waals surface area contributed by atoms with Crippen molar-refractivity contribution in [3.63, 3.8) is 0 Å². The molecule has 1 aromatic heterocycles. The van der Waals surface area contributed by atoms with Crippen molar-refractivity contribution in [2.75, 3.05) is 13.6 Å². The van der Waals surface area contributed by atoms with Gasteiger partial charge < -0.3 is 15.1 Å². The van der Waals surface area contributed by atoms with Crippen molar-refractivity contribution in [2.45, 2.75) is 33.2 Å². The van der Waals surface area contributed by atoms with Crippen LogP contribution in [0.5, 0.6) is 0 Å². The molecule has 5 heteroatoms. The summed E-state index contributed by atoms with van der Waals surface area (Å²) in [6, 6.07) is 5.85. The number of amides is 1. The van der Waals surface area contributed by atoms with Gasteiger partial charge in [0.05, 0.1) is 0 Å². The number of carbonyl (C=O) groups excluding carboxylic acids is 1. The minimum atomic E-state index is -0.0965. The summed E-state index contributed by atoms with van der Waals surface area (Å²) in [5.41, 5.74) is 7.65. The number of fused-ring (bicyclic) bond motifs is 1. The van der Waals surface area contributed by atoms with Gasteiger partial charge in [0, 0.05) is 35.1 Å². The second-order valence-corrected chi connectivity index (χ2v) is 7.04. The Morgan fingerprint density at radius 2 is 2.09 bits per heavy atom. The minimum Gasteiger partial charge on any atom is -0.451 e. The van der Waals surface area contributed by atoms with Crippen LogP contribution in [0.4, 0.5) is 0 Å². The predicted octanol–water partition coefficient (Wildman–Crippen LogP) is 3.95. The van der Waals surface area contributed by atoms with Crippen molar-refractivity contribution in [2.24, 2.45) is 11.7 Å². The smallest absolute Gasteiger partial charge is 0.289 e. The van der Waals surface area contributed by atoms with Crippen LogP contribution in [-0.2, 0) is 0 Å². The Bertz CT molecular complexity index is 679. The molecule has 0 fully saturated rings. The quantitative estimate of drug-likeness (QED) is 0.871. The predicted molar refractivity (Wildman–Crippen MR) is 93.0 cm³/mol. The monoisotopic (exact) mass is 366 g/mol. The molecule has 2 N–H and O–H groups in total. The molecule has 0 bridgehead atoms. The summed E-state index contributed by atoms with van der Waals surface area (Å²) >= 11 is 3.45. The summed E-state index contributed by atoms with van der Waals surface area (Å²) in [5.74, 6) is 0.725. The van der Waals surface area contributed by atoms with Crippen LogP contribution in [0.2, 0.25) is 0 Å². The Morgan fingerprint density at radius 3 is 2.73 bits per heavy atom. The lowest BCUT2D eigenvalue weighted by atomic mass is 10.0. The molecule has 0 spiro atoms. The van der Waals surface area contributed by atoms with Crippen LogP contribution >= 0.6 is 15.9 Å². The zero-order valence-electron chi connectivity index (χ0n) is 13.5. The number of furan rings is 1. The zero-order valence-corrected chi connectivity index (χ0v) is 15.1. The van der Waals surface area contributed by atoms with Gasteiger partial charge >= 0.3 is 0 Å². The number of benzene rings is 1. The van der Waals surface area contributed by atoms with Crippen molar-refractivity contribution in [3.05, 3.63) is 34.0 Å². The highest BCUT2D eigenvalue weighted by atomic mass is 79.9. The van der Waals surface area contributed by atoms with Gasteiger partial charge in [0.1, 0.15) is 5.58 Å². The lowest BCUT2D eigenvalue weighted by Crippen LogP contribution is -2.34. The maximum absolute atomic E-state index is 12.6. The van der Waals surface area contributed by atoms with Gasteiger partial charge in [-0.25, -0.2) is 0 Å². The van der Waals surface area contributed by atoms with Gasteiger partial charge in [-0.15, -0.1) is 0 Å². The molecule has 4 nitrogen and oxygen atoms in total. The maximum Gasteiger partial charge on any atom is 0.289 e. The summed E-state index contributed by atoms with van der Waals surface area (Å²) in [6.07, 6.45) is 0.782. The second kappa shape index (κ2) is 6.84. The largest absolute Gasteiger partial charge is 0.451 e. The maximum atomic E-state index is 12.6. The topological polar surface area (TPSA) is 59.5 Å². The van der Waals surface area contributed by atoms with Crippen molar-refractivity contribution in [1.82, 2.24) is 4.90 Å². The lowest BCUT2D eigenvalue weighted by Gasteiger charge is -2.21. The normalized spacial score (nSPS) is 12.9. The Balaban J connectivity index is 2.17. The summed E-state index contributed by atoms with van der Waals surface area (Å²) in [6.45, 7) is 6.72. The van der Waals surface area contributed by atoms with Crippen molar-refractivity contribution >= 4 is 32.8 Å². The molecular weight excluding hydrogens is 344 g/mol. The number of carbonyl (C=O) groups is 1. The van der Waals surface area contributed by atoms with E-state index >= 15 is 0 Å². The number of nitrogens with two attached hydrogens (primary N) is 1. The van der Waals surface area contributed by atoms with E-state index in [0.717, 1.165) is 27.4 Å². The van der Waals surface area contributed by atoms with E-state index in [4.69, 9.17) is 10.2 Å². The number of rotatable bonds is 5. The number of nitrogens with zero attached hydrogens (tertiary/aromatic N) is 1. The Hall–Kier alpha value is -1.33. The lowest BCUT2D eigenvalue weighted by molar-refractivity contribution is 0.0759. The van der Waals surface area contributed by atoms with Crippen LogP contribution in [0.1, 0.15) is 36.4 Å². The van der Waals surface area contributed by atoms with E-state index in [2.05, 4.69) is 29.8 Å². The van der Waals surface area contributed by atoms with Gasteiger partial charge in [-0.3, -0.25) is 4.79 Å². The van der Waals surface area contributed by atoms with Crippen molar-refractivity contribution in [3.8, 4) is 0 Å².